The summed E-state index contributed by atoms with van der Waals surface area (Å²) in [7, 11) is 1.48. The van der Waals surface area contributed by atoms with Crippen LogP contribution in [0.5, 0.6) is 5.75 Å². The van der Waals surface area contributed by atoms with E-state index in [9.17, 15) is 9.59 Å². The molecule has 2 aromatic carbocycles. The SMILES string of the molecule is COc1ccccc1C(=O)NNc1ncnc(NNC(=O)c2ccccc2)c1N. The third-order valence-corrected chi connectivity index (χ3v) is 3.86. The first-order valence-corrected chi connectivity index (χ1v) is 8.51. The van der Waals surface area contributed by atoms with Crippen molar-refractivity contribution in [2.45, 2.75) is 0 Å². The largest absolute Gasteiger partial charge is 0.496 e. The van der Waals surface area contributed by atoms with Crippen molar-refractivity contribution in [1.82, 2.24) is 20.8 Å². The number of benzene rings is 2. The van der Waals surface area contributed by atoms with Crippen LogP contribution in [0.1, 0.15) is 20.7 Å². The van der Waals surface area contributed by atoms with E-state index in [1.165, 1.54) is 13.4 Å². The fourth-order valence-corrected chi connectivity index (χ4v) is 2.39. The summed E-state index contributed by atoms with van der Waals surface area (Å²) in [6, 6.07) is 15.4. The smallest absolute Gasteiger partial charge is 0.273 e. The van der Waals surface area contributed by atoms with E-state index in [-0.39, 0.29) is 23.2 Å². The van der Waals surface area contributed by atoms with Gasteiger partial charge in [0.2, 0.25) is 0 Å². The number of anilines is 3. The van der Waals surface area contributed by atoms with Gasteiger partial charge in [0.05, 0.1) is 12.7 Å². The predicted octanol–water partition coefficient (Wildman–Crippen LogP) is 1.58. The van der Waals surface area contributed by atoms with E-state index < -0.39 is 5.91 Å². The molecule has 0 atom stereocenters. The summed E-state index contributed by atoms with van der Waals surface area (Å²) in [5.74, 6) is -0.0542. The number of nitrogens with two attached hydrogens (primary N) is 1. The van der Waals surface area contributed by atoms with Gasteiger partial charge in [-0.25, -0.2) is 9.97 Å². The highest BCUT2D eigenvalue weighted by Gasteiger charge is 2.14. The van der Waals surface area contributed by atoms with Crippen molar-refractivity contribution in [2.75, 3.05) is 23.7 Å². The normalized spacial score (nSPS) is 9.97. The second-order valence-electron chi connectivity index (χ2n) is 5.71. The molecule has 0 aliphatic heterocycles. The number of nitrogens with one attached hydrogen (secondary N) is 4. The van der Waals surface area contributed by atoms with Crippen LogP contribution in [0.25, 0.3) is 0 Å². The molecule has 2 amide bonds. The number of nitrogen functional groups attached to an aromatic ring is 1. The lowest BCUT2D eigenvalue weighted by Crippen LogP contribution is -2.32. The third kappa shape index (κ3) is 4.69. The standard InChI is InChI=1S/C19H19N7O3/c1-29-14-10-6-5-9-13(14)19(28)26-24-17-15(20)16(21-11-22-17)23-25-18(27)12-7-3-2-4-8-12/h2-11H,20H2,1H3,(H,25,27)(H,26,28)(H2,21,22,23,24). The molecule has 148 valence electrons. The van der Waals surface area contributed by atoms with E-state index >= 15 is 0 Å². The van der Waals surface area contributed by atoms with Gasteiger partial charge < -0.3 is 10.5 Å². The summed E-state index contributed by atoms with van der Waals surface area (Å²) in [5, 5.41) is 0. The van der Waals surface area contributed by atoms with Crippen molar-refractivity contribution < 1.29 is 14.3 Å². The molecule has 0 bridgehead atoms. The molecule has 0 radical (unpaired) electrons. The number of aromatic nitrogens is 2. The number of carbonyl (C=O) groups is 2. The maximum absolute atomic E-state index is 12.4. The summed E-state index contributed by atoms with van der Waals surface area (Å²) >= 11 is 0. The minimum absolute atomic E-state index is 0.0983. The van der Waals surface area contributed by atoms with Gasteiger partial charge in [-0.3, -0.25) is 31.3 Å². The van der Waals surface area contributed by atoms with Gasteiger partial charge in [0, 0.05) is 5.56 Å². The number of hydrogen-bond donors (Lipinski definition) is 5. The summed E-state index contributed by atoms with van der Waals surface area (Å²) < 4.78 is 5.16. The van der Waals surface area contributed by atoms with Crippen molar-refractivity contribution in [3.8, 4) is 5.75 Å². The third-order valence-electron chi connectivity index (χ3n) is 3.86. The Morgan fingerprint density at radius 1 is 0.862 bits per heavy atom. The van der Waals surface area contributed by atoms with Gasteiger partial charge >= 0.3 is 0 Å². The second kappa shape index (κ2) is 9.04. The zero-order valence-corrected chi connectivity index (χ0v) is 15.5. The Balaban J connectivity index is 1.64. The number of ether oxygens (including phenoxy) is 1. The fraction of sp³-hybridized carbons (Fsp3) is 0.0526. The van der Waals surface area contributed by atoms with E-state index in [0.29, 0.717) is 16.9 Å². The van der Waals surface area contributed by atoms with Crippen LogP contribution in [-0.2, 0) is 0 Å². The minimum Gasteiger partial charge on any atom is -0.496 e. The lowest BCUT2D eigenvalue weighted by molar-refractivity contribution is 0.0953. The van der Waals surface area contributed by atoms with Crippen molar-refractivity contribution in [1.29, 1.82) is 0 Å². The van der Waals surface area contributed by atoms with E-state index in [1.54, 1.807) is 48.5 Å². The topological polar surface area (TPSA) is 143 Å². The zero-order chi connectivity index (χ0) is 20.6. The molecule has 1 heterocycles. The van der Waals surface area contributed by atoms with Gasteiger partial charge in [0.25, 0.3) is 11.8 Å². The summed E-state index contributed by atoms with van der Waals surface area (Å²) in [6.07, 6.45) is 1.23. The molecule has 0 aliphatic carbocycles. The van der Waals surface area contributed by atoms with Crippen molar-refractivity contribution >= 4 is 29.1 Å². The number of methoxy groups -OCH3 is 1. The van der Waals surface area contributed by atoms with Crippen molar-refractivity contribution in [2.24, 2.45) is 0 Å². The molecular weight excluding hydrogens is 374 g/mol. The molecule has 1 aromatic heterocycles. The van der Waals surface area contributed by atoms with E-state index in [1.807, 2.05) is 6.07 Å². The molecule has 0 unspecified atom stereocenters. The maximum Gasteiger partial charge on any atom is 0.273 e. The van der Waals surface area contributed by atoms with E-state index in [0.717, 1.165) is 0 Å². The Labute approximate surface area is 166 Å². The first kappa shape index (κ1) is 19.4. The van der Waals surface area contributed by atoms with Crippen LogP contribution in [0.2, 0.25) is 0 Å². The van der Waals surface area contributed by atoms with Gasteiger partial charge in [0.15, 0.2) is 11.6 Å². The summed E-state index contributed by atoms with van der Waals surface area (Å²) in [5.41, 5.74) is 17.2. The number of rotatable bonds is 7. The van der Waals surface area contributed by atoms with E-state index in [2.05, 4.69) is 31.7 Å². The average molecular weight is 393 g/mol. The fourth-order valence-electron chi connectivity index (χ4n) is 2.39. The molecule has 10 nitrogen and oxygen atoms in total. The molecule has 6 N–H and O–H groups in total. The number of nitrogens with zero attached hydrogens (tertiary/aromatic N) is 2. The molecule has 0 aliphatic rings. The molecule has 0 saturated carbocycles. The zero-order valence-electron chi connectivity index (χ0n) is 15.5. The number of para-hydroxylation sites is 1. The van der Waals surface area contributed by atoms with Crippen LogP contribution in [0, 0.1) is 0 Å². The van der Waals surface area contributed by atoms with Gasteiger partial charge in [0.1, 0.15) is 17.8 Å². The van der Waals surface area contributed by atoms with Crippen LogP contribution < -0.4 is 32.2 Å². The van der Waals surface area contributed by atoms with Gasteiger partial charge in [-0.05, 0) is 24.3 Å². The Morgan fingerprint density at radius 2 is 1.45 bits per heavy atom. The Morgan fingerprint density at radius 3 is 2.10 bits per heavy atom. The Hall–Kier alpha value is -4.34. The molecule has 29 heavy (non-hydrogen) atoms. The Bertz CT molecular complexity index is 1010. The minimum atomic E-state index is -0.438. The highest BCUT2D eigenvalue weighted by molar-refractivity contribution is 5.98. The molecule has 3 rings (SSSR count). The highest BCUT2D eigenvalue weighted by atomic mass is 16.5. The number of carbonyl (C=O) groups excluding carboxylic acids is 2. The lowest BCUT2D eigenvalue weighted by atomic mass is 10.2. The van der Waals surface area contributed by atoms with Gasteiger partial charge in [-0.15, -0.1) is 0 Å². The van der Waals surface area contributed by atoms with Crippen LogP contribution in [0.4, 0.5) is 17.3 Å². The predicted molar refractivity (Wildman–Crippen MR) is 108 cm³/mol. The van der Waals surface area contributed by atoms with Crippen LogP contribution >= 0.6 is 0 Å². The first-order valence-electron chi connectivity index (χ1n) is 8.51. The van der Waals surface area contributed by atoms with Gasteiger partial charge in [-0.2, -0.15) is 0 Å². The molecule has 0 saturated heterocycles. The van der Waals surface area contributed by atoms with Crippen LogP contribution in [0.3, 0.4) is 0 Å². The summed E-state index contributed by atoms with van der Waals surface area (Å²) in [4.78, 5) is 32.4. The quantitative estimate of drug-likeness (QED) is 0.381. The molecule has 10 heteroatoms. The van der Waals surface area contributed by atoms with E-state index in [4.69, 9.17) is 10.5 Å². The summed E-state index contributed by atoms with van der Waals surface area (Å²) in [6.45, 7) is 0. The lowest BCUT2D eigenvalue weighted by Gasteiger charge is -2.14. The number of hydrogen-bond acceptors (Lipinski definition) is 8. The van der Waals surface area contributed by atoms with Gasteiger partial charge in [-0.1, -0.05) is 30.3 Å². The van der Waals surface area contributed by atoms with Crippen LogP contribution in [-0.4, -0.2) is 28.9 Å². The first-order chi connectivity index (χ1) is 14.1. The highest BCUT2D eigenvalue weighted by Crippen LogP contribution is 2.21. The van der Waals surface area contributed by atoms with Crippen LogP contribution in [0.15, 0.2) is 60.9 Å². The van der Waals surface area contributed by atoms with Crippen molar-refractivity contribution in [3.63, 3.8) is 0 Å². The maximum atomic E-state index is 12.4. The molecular formula is C19H19N7O3. The monoisotopic (exact) mass is 393 g/mol. The second-order valence-corrected chi connectivity index (χ2v) is 5.71. The number of amides is 2. The van der Waals surface area contributed by atoms with Crippen molar-refractivity contribution in [3.05, 3.63) is 72.1 Å². The molecule has 0 fully saturated rings. The Kier molecular flexibility index (Phi) is 6.05. The molecule has 0 spiro atoms. The number of hydrazine groups is 2. The average Bonchev–Trinajstić information content (AvgIpc) is 2.77. The molecule has 3 aromatic rings.